The molecule has 6 heteroatoms. The van der Waals surface area contributed by atoms with Gasteiger partial charge in [0.05, 0.1) is 18.5 Å². The largest absolute Gasteiger partial charge is 0.478 e. The van der Waals surface area contributed by atoms with Crippen LogP contribution in [0.2, 0.25) is 0 Å². The lowest BCUT2D eigenvalue weighted by Gasteiger charge is -2.18. The van der Waals surface area contributed by atoms with Crippen molar-refractivity contribution in [1.29, 1.82) is 5.41 Å². The summed E-state index contributed by atoms with van der Waals surface area (Å²) in [6, 6.07) is 2.65. The van der Waals surface area contributed by atoms with E-state index >= 15 is 0 Å². The lowest BCUT2D eigenvalue weighted by molar-refractivity contribution is 0.226. The van der Waals surface area contributed by atoms with Crippen molar-refractivity contribution in [2.45, 2.75) is 25.3 Å². The molecule has 0 radical (unpaired) electrons. The number of hydrogen-bond donors (Lipinski definition) is 2. The molecule has 1 aliphatic heterocycles. The minimum absolute atomic E-state index is 0.180. The van der Waals surface area contributed by atoms with E-state index < -0.39 is 0 Å². The summed E-state index contributed by atoms with van der Waals surface area (Å²) in [6.07, 6.45) is 8.72. The molecule has 3 heterocycles. The predicted molar refractivity (Wildman–Crippen MR) is 94.9 cm³/mol. The Balaban J connectivity index is 1.45. The van der Waals surface area contributed by atoms with E-state index in [1.165, 1.54) is 19.4 Å². The number of nitrogens with zero attached hydrogens (tertiary/aromatic N) is 2. The molecule has 0 aromatic carbocycles. The highest BCUT2D eigenvalue weighted by atomic mass is 32.1. The van der Waals surface area contributed by atoms with Crippen molar-refractivity contribution in [3.05, 3.63) is 34.9 Å². The first-order chi connectivity index (χ1) is 11.2. The summed E-state index contributed by atoms with van der Waals surface area (Å²) < 4.78 is 5.48. The zero-order chi connectivity index (χ0) is 16.1. The third kappa shape index (κ3) is 4.30. The monoisotopic (exact) mass is 330 g/mol. The minimum atomic E-state index is 0.180. The first-order valence-corrected chi connectivity index (χ1v) is 8.84. The molecule has 2 N–H and O–H groups in total. The molecule has 1 fully saturated rings. The van der Waals surface area contributed by atoms with Crippen LogP contribution < -0.4 is 0 Å². The Bertz CT molecular complexity index is 662. The molecule has 2 aromatic heterocycles. The molecule has 0 bridgehead atoms. The van der Waals surface area contributed by atoms with Gasteiger partial charge in [0.25, 0.3) is 0 Å². The highest BCUT2D eigenvalue weighted by Gasteiger charge is 2.20. The molecule has 1 atom stereocenters. The van der Waals surface area contributed by atoms with Crippen molar-refractivity contribution in [3.63, 3.8) is 0 Å². The number of H-pyrrole nitrogens is 1. The lowest BCUT2D eigenvalue weighted by atomic mass is 10.1. The van der Waals surface area contributed by atoms with Gasteiger partial charge in [0.15, 0.2) is 0 Å². The van der Waals surface area contributed by atoms with Gasteiger partial charge in [-0.15, -0.1) is 0 Å². The van der Waals surface area contributed by atoms with Crippen molar-refractivity contribution >= 4 is 23.3 Å². The van der Waals surface area contributed by atoms with Gasteiger partial charge in [-0.3, -0.25) is 5.41 Å². The summed E-state index contributed by atoms with van der Waals surface area (Å²) in [7, 11) is 2.16. The number of aromatic amines is 1. The van der Waals surface area contributed by atoms with Gasteiger partial charge in [0, 0.05) is 23.1 Å². The van der Waals surface area contributed by atoms with Gasteiger partial charge >= 0.3 is 0 Å². The van der Waals surface area contributed by atoms with Crippen LogP contribution in [-0.4, -0.2) is 47.0 Å². The zero-order valence-corrected chi connectivity index (χ0v) is 14.1. The fourth-order valence-corrected chi connectivity index (χ4v) is 3.49. The van der Waals surface area contributed by atoms with Gasteiger partial charge in [0.2, 0.25) is 5.90 Å². The van der Waals surface area contributed by atoms with E-state index in [1.807, 2.05) is 11.6 Å². The Morgan fingerprint density at radius 2 is 2.52 bits per heavy atom. The lowest BCUT2D eigenvalue weighted by Crippen LogP contribution is -2.26. The molecule has 3 rings (SSSR count). The SMILES string of the molecule is CN1CCCC1CCOC(=N)/C=C\c1ncc(-c2ccsc2)[nH]1. The quantitative estimate of drug-likeness (QED) is 0.628. The third-order valence-electron chi connectivity index (χ3n) is 4.20. The van der Waals surface area contributed by atoms with Crippen molar-refractivity contribution in [3.8, 4) is 11.3 Å². The molecule has 0 saturated carbocycles. The molecule has 122 valence electrons. The van der Waals surface area contributed by atoms with Gasteiger partial charge in [-0.05, 0) is 50.4 Å². The summed E-state index contributed by atoms with van der Waals surface area (Å²) in [5.41, 5.74) is 2.12. The summed E-state index contributed by atoms with van der Waals surface area (Å²) in [4.78, 5) is 9.90. The van der Waals surface area contributed by atoms with E-state index in [0.717, 1.165) is 23.5 Å². The molecular weight excluding hydrogens is 308 g/mol. The molecule has 0 amide bonds. The molecule has 23 heavy (non-hydrogen) atoms. The van der Waals surface area contributed by atoms with Crippen molar-refractivity contribution in [1.82, 2.24) is 14.9 Å². The zero-order valence-electron chi connectivity index (χ0n) is 13.3. The van der Waals surface area contributed by atoms with Crippen molar-refractivity contribution in [2.75, 3.05) is 20.2 Å². The van der Waals surface area contributed by atoms with Gasteiger partial charge in [-0.1, -0.05) is 0 Å². The van der Waals surface area contributed by atoms with Gasteiger partial charge in [0.1, 0.15) is 5.82 Å². The number of aromatic nitrogens is 2. The molecule has 1 saturated heterocycles. The Morgan fingerprint density at radius 3 is 3.26 bits per heavy atom. The van der Waals surface area contributed by atoms with Crippen molar-refractivity contribution < 1.29 is 4.74 Å². The second kappa shape index (κ2) is 7.57. The highest BCUT2D eigenvalue weighted by Crippen LogP contribution is 2.20. The molecule has 1 unspecified atom stereocenters. The molecular formula is C17H22N4OS. The Labute approximate surface area is 140 Å². The Hall–Kier alpha value is -1.92. The van der Waals surface area contributed by atoms with Gasteiger partial charge in [-0.2, -0.15) is 11.3 Å². The van der Waals surface area contributed by atoms with E-state index in [2.05, 4.69) is 33.4 Å². The normalized spacial score (nSPS) is 18.7. The fraction of sp³-hybridized carbons (Fsp3) is 0.412. The van der Waals surface area contributed by atoms with Crippen LogP contribution >= 0.6 is 11.3 Å². The van der Waals surface area contributed by atoms with Crippen LogP contribution in [0.15, 0.2) is 29.1 Å². The first-order valence-electron chi connectivity index (χ1n) is 7.89. The van der Waals surface area contributed by atoms with E-state index in [1.54, 1.807) is 23.5 Å². The number of hydrogen-bond acceptors (Lipinski definition) is 5. The smallest absolute Gasteiger partial charge is 0.205 e. The number of imidazole rings is 1. The maximum Gasteiger partial charge on any atom is 0.205 e. The van der Waals surface area contributed by atoms with Gasteiger partial charge in [-0.25, -0.2) is 4.98 Å². The maximum atomic E-state index is 7.85. The topological polar surface area (TPSA) is 65.0 Å². The summed E-state index contributed by atoms with van der Waals surface area (Å²) in [5.74, 6) is 0.911. The van der Waals surface area contributed by atoms with Crippen LogP contribution in [0.5, 0.6) is 0 Å². The highest BCUT2D eigenvalue weighted by molar-refractivity contribution is 7.08. The van der Waals surface area contributed by atoms with Crippen LogP contribution in [0.1, 0.15) is 25.1 Å². The average molecular weight is 330 g/mol. The minimum Gasteiger partial charge on any atom is -0.478 e. The third-order valence-corrected chi connectivity index (χ3v) is 4.88. The second-order valence-electron chi connectivity index (χ2n) is 5.81. The van der Waals surface area contributed by atoms with Gasteiger partial charge < -0.3 is 14.6 Å². The summed E-state index contributed by atoms with van der Waals surface area (Å²) in [6.45, 7) is 1.77. The predicted octanol–water partition coefficient (Wildman–Crippen LogP) is 3.63. The second-order valence-corrected chi connectivity index (χ2v) is 6.59. The van der Waals surface area contributed by atoms with E-state index in [-0.39, 0.29) is 5.90 Å². The van der Waals surface area contributed by atoms with Crippen LogP contribution in [0, 0.1) is 5.41 Å². The maximum absolute atomic E-state index is 7.85. The number of ether oxygens (including phenoxy) is 1. The molecule has 0 spiro atoms. The standard InChI is InChI=1S/C17H22N4OS/c1-21-8-2-3-14(21)6-9-22-16(18)4-5-17-19-11-15(20-17)13-7-10-23-12-13/h4-5,7,10-12,14,18H,2-3,6,8-9H2,1H3,(H,19,20)/b5-4-,18-16?. The molecule has 2 aromatic rings. The van der Waals surface area contributed by atoms with E-state index in [4.69, 9.17) is 10.1 Å². The Kier molecular flexibility index (Phi) is 5.25. The van der Waals surface area contributed by atoms with E-state index in [0.29, 0.717) is 12.6 Å². The summed E-state index contributed by atoms with van der Waals surface area (Å²) in [5, 5.41) is 12.0. The first kappa shape index (κ1) is 16.0. The van der Waals surface area contributed by atoms with Crippen LogP contribution in [0.25, 0.3) is 17.3 Å². The summed E-state index contributed by atoms with van der Waals surface area (Å²) >= 11 is 1.66. The average Bonchev–Trinajstić information content (AvgIpc) is 3.27. The Morgan fingerprint density at radius 1 is 1.61 bits per heavy atom. The fourth-order valence-electron chi connectivity index (χ4n) is 2.84. The molecule has 0 aliphatic carbocycles. The van der Waals surface area contributed by atoms with Crippen LogP contribution in [0.3, 0.4) is 0 Å². The van der Waals surface area contributed by atoms with Crippen LogP contribution in [0.4, 0.5) is 0 Å². The van der Waals surface area contributed by atoms with Crippen molar-refractivity contribution in [2.24, 2.45) is 0 Å². The number of rotatable bonds is 6. The molecule has 5 nitrogen and oxygen atoms in total. The van der Waals surface area contributed by atoms with Crippen LogP contribution in [-0.2, 0) is 4.74 Å². The molecule has 1 aliphatic rings. The number of likely N-dealkylation sites (tertiary alicyclic amines) is 1. The number of thiophene rings is 1. The number of nitrogens with one attached hydrogen (secondary N) is 2. The van der Waals surface area contributed by atoms with E-state index in [9.17, 15) is 0 Å².